The fourth-order valence-electron chi connectivity index (χ4n) is 4.93. The van der Waals surface area contributed by atoms with Gasteiger partial charge in [-0.15, -0.1) is 0 Å². The molecule has 0 radical (unpaired) electrons. The normalized spacial score (nSPS) is 21.7. The molecule has 9 nitrogen and oxygen atoms in total. The topological polar surface area (TPSA) is 116 Å². The van der Waals surface area contributed by atoms with E-state index >= 15 is 0 Å². The van der Waals surface area contributed by atoms with Gasteiger partial charge in [0.05, 0.1) is 15.5 Å². The summed E-state index contributed by atoms with van der Waals surface area (Å²) in [5.41, 5.74) is 0.454. The number of rotatable bonds is 4. The van der Waals surface area contributed by atoms with Gasteiger partial charge in [0.1, 0.15) is 11.7 Å². The van der Waals surface area contributed by atoms with E-state index in [4.69, 9.17) is 9.73 Å². The van der Waals surface area contributed by atoms with E-state index in [1.54, 1.807) is 41.8 Å². The van der Waals surface area contributed by atoms with Gasteiger partial charge in [-0.1, -0.05) is 47.7 Å². The van der Waals surface area contributed by atoms with Crippen LogP contribution in [0.1, 0.15) is 24.1 Å². The number of para-hydroxylation sites is 2. The lowest BCUT2D eigenvalue weighted by atomic mass is 9.80. The largest absolute Gasteiger partial charge is 0.465 e. The Labute approximate surface area is 214 Å². The zero-order valence-corrected chi connectivity index (χ0v) is 20.3. The smallest absolute Gasteiger partial charge is 0.270 e. The van der Waals surface area contributed by atoms with Crippen molar-refractivity contribution < 1.29 is 14.5 Å². The minimum absolute atomic E-state index is 0.0305. The number of nitro benzene ring substituents is 1. The fourth-order valence-corrected chi connectivity index (χ4v) is 6.03. The number of ether oxygens (including phenoxy) is 1. The standard InChI is InChI=1S/C27H20N4O5S/c1-27-22(24(32)28-17-7-3-2-4-8-17)23(19-9-5-6-10-20(19)36-27)30-25(33)21(37-26(30)29-27)15-16-11-13-18(14-12-16)31(34)35/h2-15,22-23H,1H3,(H,28,32)/t22?,23?,27-/m1/s1. The molecule has 37 heavy (non-hydrogen) atoms. The highest BCUT2D eigenvalue weighted by Gasteiger charge is 2.55. The molecule has 0 saturated carbocycles. The van der Waals surface area contributed by atoms with Crippen LogP contribution in [-0.4, -0.2) is 21.1 Å². The van der Waals surface area contributed by atoms with Crippen LogP contribution in [0.5, 0.6) is 5.75 Å². The lowest BCUT2D eigenvalue weighted by Gasteiger charge is -2.45. The summed E-state index contributed by atoms with van der Waals surface area (Å²) in [5.74, 6) is -0.539. The summed E-state index contributed by atoms with van der Waals surface area (Å²) < 4.78 is 8.29. The van der Waals surface area contributed by atoms with Gasteiger partial charge in [-0.05, 0) is 48.9 Å². The molecule has 0 spiro atoms. The summed E-state index contributed by atoms with van der Waals surface area (Å²) in [6.07, 6.45) is 1.68. The van der Waals surface area contributed by atoms with Gasteiger partial charge in [-0.2, -0.15) is 0 Å². The van der Waals surface area contributed by atoms with Crippen LogP contribution >= 0.6 is 11.3 Å². The third-order valence-electron chi connectivity index (χ3n) is 6.61. The Morgan fingerprint density at radius 2 is 1.81 bits per heavy atom. The number of hydrogen-bond acceptors (Lipinski definition) is 7. The lowest BCUT2D eigenvalue weighted by Crippen LogP contribution is -2.59. The Bertz CT molecular complexity index is 1730. The van der Waals surface area contributed by atoms with Gasteiger partial charge >= 0.3 is 0 Å². The van der Waals surface area contributed by atoms with Crippen LogP contribution in [0.25, 0.3) is 6.08 Å². The molecule has 1 amide bonds. The molecule has 1 N–H and O–H groups in total. The van der Waals surface area contributed by atoms with Gasteiger partial charge in [0.15, 0.2) is 4.80 Å². The number of benzene rings is 3. The number of non-ortho nitro benzene ring substituents is 1. The highest BCUT2D eigenvalue weighted by molar-refractivity contribution is 7.07. The van der Waals surface area contributed by atoms with Crippen molar-refractivity contribution in [3.05, 3.63) is 120 Å². The van der Waals surface area contributed by atoms with E-state index in [9.17, 15) is 19.7 Å². The third kappa shape index (κ3) is 3.82. The first-order chi connectivity index (χ1) is 17.8. The molecule has 0 aliphatic carbocycles. The number of nitrogens with one attached hydrogen (secondary N) is 1. The van der Waals surface area contributed by atoms with Gasteiger partial charge in [-0.25, -0.2) is 4.99 Å². The van der Waals surface area contributed by atoms with Crippen molar-refractivity contribution in [1.29, 1.82) is 0 Å². The minimum atomic E-state index is -1.24. The SMILES string of the molecule is C[C@@]12N=c3sc(=Cc4ccc([N+](=O)[O-])cc4)c(=O)n3C(c3ccccc3O1)C2C(=O)Nc1ccccc1. The van der Waals surface area contributed by atoms with E-state index in [1.165, 1.54) is 23.5 Å². The van der Waals surface area contributed by atoms with Crippen LogP contribution in [0.3, 0.4) is 0 Å². The number of carbonyl (C=O) groups is 1. The second kappa shape index (κ2) is 8.52. The van der Waals surface area contributed by atoms with E-state index in [-0.39, 0.29) is 17.2 Å². The van der Waals surface area contributed by atoms with Crippen LogP contribution in [0.2, 0.25) is 0 Å². The maximum atomic E-state index is 13.7. The predicted molar refractivity (Wildman–Crippen MR) is 138 cm³/mol. The summed E-state index contributed by atoms with van der Waals surface area (Å²) in [4.78, 5) is 43.2. The van der Waals surface area contributed by atoms with E-state index < -0.39 is 22.6 Å². The van der Waals surface area contributed by atoms with Crippen LogP contribution in [0, 0.1) is 16.0 Å². The molecule has 2 unspecified atom stereocenters. The zero-order valence-electron chi connectivity index (χ0n) is 19.5. The highest BCUT2D eigenvalue weighted by Crippen LogP contribution is 2.47. The van der Waals surface area contributed by atoms with Crippen molar-refractivity contribution in [3.8, 4) is 5.75 Å². The predicted octanol–water partition coefficient (Wildman–Crippen LogP) is 3.23. The maximum absolute atomic E-state index is 13.7. The quantitative estimate of drug-likeness (QED) is 0.333. The summed E-state index contributed by atoms with van der Waals surface area (Å²) in [7, 11) is 0. The molecule has 2 bridgehead atoms. The van der Waals surface area contributed by atoms with Crippen LogP contribution in [-0.2, 0) is 4.79 Å². The molecule has 0 saturated heterocycles. The van der Waals surface area contributed by atoms with Crippen molar-refractivity contribution in [1.82, 2.24) is 4.57 Å². The number of fused-ring (bicyclic) bond motifs is 6. The minimum Gasteiger partial charge on any atom is -0.465 e. The molecule has 184 valence electrons. The average Bonchev–Trinajstić information content (AvgIpc) is 3.17. The van der Waals surface area contributed by atoms with Crippen LogP contribution in [0.15, 0.2) is 88.6 Å². The Morgan fingerprint density at radius 1 is 1.11 bits per heavy atom. The third-order valence-corrected chi connectivity index (χ3v) is 7.59. The number of amides is 1. The molecule has 1 aromatic heterocycles. The van der Waals surface area contributed by atoms with E-state index in [2.05, 4.69) is 5.32 Å². The van der Waals surface area contributed by atoms with E-state index in [1.807, 2.05) is 42.5 Å². The number of hydrogen-bond donors (Lipinski definition) is 1. The van der Waals surface area contributed by atoms with Crippen molar-refractivity contribution in [3.63, 3.8) is 0 Å². The van der Waals surface area contributed by atoms with Crippen molar-refractivity contribution in [2.24, 2.45) is 10.9 Å². The molecule has 6 rings (SSSR count). The van der Waals surface area contributed by atoms with Crippen molar-refractivity contribution >= 4 is 34.7 Å². The number of carbonyl (C=O) groups excluding carboxylic acids is 1. The second-order valence-electron chi connectivity index (χ2n) is 9.00. The Kier molecular flexibility index (Phi) is 5.27. The lowest BCUT2D eigenvalue weighted by molar-refractivity contribution is -0.384. The molecule has 2 aliphatic rings. The number of aromatic nitrogens is 1. The van der Waals surface area contributed by atoms with Gasteiger partial charge in [0.25, 0.3) is 11.2 Å². The molecule has 3 aromatic carbocycles. The van der Waals surface area contributed by atoms with Gasteiger partial charge in [0, 0.05) is 23.4 Å². The average molecular weight is 513 g/mol. The monoisotopic (exact) mass is 512 g/mol. The molecular formula is C27H20N4O5S. The molecule has 0 fully saturated rings. The van der Waals surface area contributed by atoms with Gasteiger partial charge < -0.3 is 10.1 Å². The molecule has 2 aliphatic heterocycles. The Morgan fingerprint density at radius 3 is 2.54 bits per heavy atom. The number of thiazole rings is 1. The first-order valence-electron chi connectivity index (χ1n) is 11.6. The molecular weight excluding hydrogens is 492 g/mol. The van der Waals surface area contributed by atoms with E-state index in [0.717, 1.165) is 5.56 Å². The molecule has 3 atom stereocenters. The maximum Gasteiger partial charge on any atom is 0.270 e. The molecule has 3 heterocycles. The fraction of sp³-hybridized carbons (Fsp3) is 0.148. The first kappa shape index (κ1) is 22.9. The zero-order chi connectivity index (χ0) is 25.7. The van der Waals surface area contributed by atoms with Crippen molar-refractivity contribution in [2.75, 3.05) is 5.32 Å². The second-order valence-corrected chi connectivity index (χ2v) is 10.0. The van der Waals surface area contributed by atoms with Crippen LogP contribution in [0.4, 0.5) is 11.4 Å². The summed E-state index contributed by atoms with van der Waals surface area (Å²) in [6.45, 7) is 1.76. The van der Waals surface area contributed by atoms with Crippen molar-refractivity contribution in [2.45, 2.75) is 18.7 Å². The highest BCUT2D eigenvalue weighted by atomic mass is 32.1. The Balaban J connectivity index is 1.51. The molecule has 4 aromatic rings. The number of anilines is 1. The summed E-state index contributed by atoms with van der Waals surface area (Å²) in [5, 5.41) is 13.9. The Hall–Kier alpha value is -4.57. The first-order valence-corrected chi connectivity index (χ1v) is 12.4. The van der Waals surface area contributed by atoms with Gasteiger partial charge in [0.2, 0.25) is 11.6 Å². The summed E-state index contributed by atoms with van der Waals surface area (Å²) in [6, 6.07) is 21.8. The van der Waals surface area contributed by atoms with E-state index in [0.29, 0.717) is 26.3 Å². The van der Waals surface area contributed by atoms with Gasteiger partial charge in [-0.3, -0.25) is 24.3 Å². The number of nitrogens with zero attached hydrogens (tertiary/aromatic N) is 3. The number of nitro groups is 1. The van der Waals surface area contributed by atoms with Crippen LogP contribution < -0.4 is 24.9 Å². The summed E-state index contributed by atoms with van der Waals surface area (Å²) >= 11 is 1.20. The molecule has 10 heteroatoms.